The predicted molar refractivity (Wildman–Crippen MR) is 70.9 cm³/mol. The first-order valence-corrected chi connectivity index (χ1v) is 6.15. The van der Waals surface area contributed by atoms with Crippen LogP contribution in [0.15, 0.2) is 42.6 Å². The largest absolute Gasteiger partial charge is 0.324 e. The summed E-state index contributed by atoms with van der Waals surface area (Å²) < 4.78 is 13.6. The molecule has 2 nitrogen and oxygen atoms in total. The Labute approximate surface area is 111 Å². The van der Waals surface area contributed by atoms with Crippen LogP contribution < -0.4 is 5.73 Å². The topological polar surface area (TPSA) is 38.9 Å². The summed E-state index contributed by atoms with van der Waals surface area (Å²) in [5, 5.41) is 0.383. The molecule has 2 aromatic rings. The number of aromatic nitrogens is 1. The lowest BCUT2D eigenvalue weighted by atomic mass is 10.0. The summed E-state index contributed by atoms with van der Waals surface area (Å²) >= 11 is 5.70. The smallest absolute Gasteiger partial charge is 0.129 e. The van der Waals surface area contributed by atoms with Gasteiger partial charge in [0.25, 0.3) is 0 Å². The van der Waals surface area contributed by atoms with Crippen molar-refractivity contribution in [1.29, 1.82) is 0 Å². The van der Waals surface area contributed by atoms with Crippen LogP contribution in [-0.4, -0.2) is 4.98 Å². The molecule has 0 bridgehead atoms. The van der Waals surface area contributed by atoms with Crippen LogP contribution in [0.25, 0.3) is 0 Å². The van der Waals surface area contributed by atoms with Gasteiger partial charge in [-0.2, -0.15) is 0 Å². The lowest BCUT2D eigenvalue weighted by Crippen LogP contribution is -2.13. The van der Waals surface area contributed by atoms with Gasteiger partial charge in [0.15, 0.2) is 0 Å². The van der Waals surface area contributed by atoms with Gasteiger partial charge in [-0.1, -0.05) is 23.7 Å². The molecule has 0 amide bonds. The van der Waals surface area contributed by atoms with E-state index in [1.54, 1.807) is 18.3 Å². The number of benzene rings is 1. The molecule has 0 aliphatic carbocycles. The van der Waals surface area contributed by atoms with Crippen LogP contribution >= 0.6 is 11.6 Å². The van der Waals surface area contributed by atoms with Crippen molar-refractivity contribution in [2.45, 2.75) is 18.9 Å². The van der Waals surface area contributed by atoms with Gasteiger partial charge in [-0.25, -0.2) is 4.39 Å². The van der Waals surface area contributed by atoms with Gasteiger partial charge >= 0.3 is 0 Å². The number of nitrogens with zero attached hydrogens (tertiary/aromatic N) is 1. The van der Waals surface area contributed by atoms with Gasteiger partial charge in [0.2, 0.25) is 0 Å². The molecule has 0 aliphatic heterocycles. The van der Waals surface area contributed by atoms with Crippen molar-refractivity contribution in [3.8, 4) is 0 Å². The Bertz CT molecular complexity index is 516. The molecule has 1 heterocycles. The molecule has 2 rings (SSSR count). The number of hydrogen-bond donors (Lipinski definition) is 1. The third-order valence-corrected chi connectivity index (χ3v) is 3.03. The summed E-state index contributed by atoms with van der Waals surface area (Å²) in [6.07, 6.45) is 3.11. The Morgan fingerprint density at radius 1 is 1.28 bits per heavy atom. The highest BCUT2D eigenvalue weighted by Gasteiger charge is 2.12. The van der Waals surface area contributed by atoms with Crippen LogP contribution in [0.2, 0.25) is 5.02 Å². The van der Waals surface area contributed by atoms with E-state index < -0.39 is 0 Å². The monoisotopic (exact) mass is 264 g/mol. The highest BCUT2D eigenvalue weighted by atomic mass is 35.5. The minimum atomic E-state index is -0.351. The Kier molecular flexibility index (Phi) is 4.28. The van der Waals surface area contributed by atoms with E-state index >= 15 is 0 Å². The molecular weight excluding hydrogens is 251 g/mol. The van der Waals surface area contributed by atoms with Gasteiger partial charge in [0, 0.05) is 28.5 Å². The standard InChI is InChI=1S/C14H14ClFN2/c15-10-4-6-12(13(16)9-10)14(17)7-5-11-3-1-2-8-18-11/h1-4,6,8-9,14H,5,7,17H2. The molecular formula is C14H14ClFN2. The van der Waals surface area contributed by atoms with E-state index in [2.05, 4.69) is 4.98 Å². The minimum Gasteiger partial charge on any atom is -0.324 e. The molecule has 0 saturated carbocycles. The maximum atomic E-state index is 13.6. The maximum absolute atomic E-state index is 13.6. The van der Waals surface area contributed by atoms with Gasteiger partial charge < -0.3 is 5.73 Å². The average Bonchev–Trinajstić information content (AvgIpc) is 2.37. The summed E-state index contributed by atoms with van der Waals surface area (Å²) in [7, 11) is 0. The van der Waals surface area contributed by atoms with Gasteiger partial charge in [0.1, 0.15) is 5.82 Å². The molecule has 4 heteroatoms. The van der Waals surface area contributed by atoms with E-state index in [0.29, 0.717) is 17.0 Å². The number of hydrogen-bond acceptors (Lipinski definition) is 2. The van der Waals surface area contributed by atoms with Gasteiger partial charge in [-0.15, -0.1) is 0 Å². The molecule has 0 fully saturated rings. The molecule has 0 radical (unpaired) electrons. The first-order valence-electron chi connectivity index (χ1n) is 5.77. The van der Waals surface area contributed by atoms with E-state index in [0.717, 1.165) is 12.1 Å². The van der Waals surface area contributed by atoms with Gasteiger partial charge in [-0.05, 0) is 37.1 Å². The van der Waals surface area contributed by atoms with E-state index in [1.165, 1.54) is 6.07 Å². The second-order valence-corrected chi connectivity index (χ2v) is 4.57. The summed E-state index contributed by atoms with van der Waals surface area (Å²) in [6.45, 7) is 0. The minimum absolute atomic E-state index is 0.343. The number of rotatable bonds is 4. The lowest BCUT2D eigenvalue weighted by Gasteiger charge is -2.12. The van der Waals surface area contributed by atoms with Crippen molar-refractivity contribution in [3.63, 3.8) is 0 Å². The second kappa shape index (κ2) is 5.94. The van der Waals surface area contributed by atoms with Crippen molar-refractivity contribution >= 4 is 11.6 Å². The summed E-state index contributed by atoms with van der Waals surface area (Å²) in [5.41, 5.74) is 7.44. The Morgan fingerprint density at radius 3 is 2.78 bits per heavy atom. The van der Waals surface area contributed by atoms with Crippen LogP contribution in [0.5, 0.6) is 0 Å². The van der Waals surface area contributed by atoms with Crippen LogP contribution in [-0.2, 0) is 6.42 Å². The maximum Gasteiger partial charge on any atom is 0.129 e. The van der Waals surface area contributed by atoms with Crippen LogP contribution in [0, 0.1) is 5.82 Å². The molecule has 1 atom stereocenters. The molecule has 1 aromatic heterocycles. The quantitative estimate of drug-likeness (QED) is 0.918. The average molecular weight is 265 g/mol. The third kappa shape index (κ3) is 3.28. The fourth-order valence-electron chi connectivity index (χ4n) is 1.81. The van der Waals surface area contributed by atoms with Gasteiger partial charge in [-0.3, -0.25) is 4.98 Å². The molecule has 0 aliphatic rings. The van der Waals surface area contributed by atoms with E-state index in [4.69, 9.17) is 17.3 Å². The normalized spacial score (nSPS) is 12.4. The van der Waals surface area contributed by atoms with Crippen molar-refractivity contribution in [2.75, 3.05) is 0 Å². The SMILES string of the molecule is NC(CCc1ccccn1)c1ccc(Cl)cc1F. The highest BCUT2D eigenvalue weighted by molar-refractivity contribution is 6.30. The Balaban J connectivity index is 2.01. The fraction of sp³-hybridized carbons (Fsp3) is 0.214. The zero-order valence-corrected chi connectivity index (χ0v) is 10.6. The van der Waals surface area contributed by atoms with Crippen molar-refractivity contribution in [1.82, 2.24) is 4.98 Å². The number of nitrogens with two attached hydrogens (primary N) is 1. The van der Waals surface area contributed by atoms with Crippen molar-refractivity contribution < 1.29 is 4.39 Å². The summed E-state index contributed by atoms with van der Waals surface area (Å²) in [5.74, 6) is -0.351. The number of pyridine rings is 1. The fourth-order valence-corrected chi connectivity index (χ4v) is 1.97. The first kappa shape index (κ1) is 13.0. The van der Waals surface area contributed by atoms with Crippen molar-refractivity contribution in [3.05, 3.63) is 64.7 Å². The summed E-state index contributed by atoms with van der Waals surface area (Å²) in [6, 6.07) is 9.97. The number of aryl methyl sites for hydroxylation is 1. The molecule has 1 unspecified atom stereocenters. The van der Waals surface area contributed by atoms with Crippen LogP contribution in [0.3, 0.4) is 0 Å². The predicted octanol–water partition coefficient (Wildman–Crippen LogP) is 3.51. The Morgan fingerprint density at radius 2 is 2.11 bits per heavy atom. The molecule has 18 heavy (non-hydrogen) atoms. The second-order valence-electron chi connectivity index (χ2n) is 4.13. The van der Waals surface area contributed by atoms with E-state index in [-0.39, 0.29) is 11.9 Å². The molecule has 1 aromatic carbocycles. The number of halogens is 2. The molecule has 0 spiro atoms. The first-order chi connectivity index (χ1) is 8.66. The van der Waals surface area contributed by atoms with Crippen LogP contribution in [0.4, 0.5) is 4.39 Å². The highest BCUT2D eigenvalue weighted by Crippen LogP contribution is 2.22. The zero-order chi connectivity index (χ0) is 13.0. The molecule has 94 valence electrons. The van der Waals surface area contributed by atoms with Crippen molar-refractivity contribution in [2.24, 2.45) is 5.73 Å². The van der Waals surface area contributed by atoms with Gasteiger partial charge in [0.05, 0.1) is 0 Å². The summed E-state index contributed by atoms with van der Waals surface area (Å²) in [4.78, 5) is 4.21. The van der Waals surface area contributed by atoms with E-state index in [1.807, 2.05) is 18.2 Å². The molecule has 2 N–H and O–H groups in total. The van der Waals surface area contributed by atoms with Crippen LogP contribution in [0.1, 0.15) is 23.7 Å². The zero-order valence-electron chi connectivity index (χ0n) is 9.81. The lowest BCUT2D eigenvalue weighted by molar-refractivity contribution is 0.562. The Hall–Kier alpha value is -1.45. The van der Waals surface area contributed by atoms with E-state index in [9.17, 15) is 4.39 Å². The third-order valence-electron chi connectivity index (χ3n) is 2.80. The molecule has 0 saturated heterocycles.